The van der Waals surface area contributed by atoms with Crippen LogP contribution in [0.15, 0.2) is 85.2 Å². The van der Waals surface area contributed by atoms with Crippen LogP contribution < -0.4 is 5.32 Å². The van der Waals surface area contributed by atoms with Gasteiger partial charge in [-0.3, -0.25) is 0 Å². The minimum Gasteiger partial charge on any atom is -0.354 e. The molecule has 0 spiro atoms. The number of benzene rings is 1. The van der Waals surface area contributed by atoms with E-state index in [2.05, 4.69) is 26.5 Å². The highest BCUT2D eigenvalue weighted by molar-refractivity contribution is 5.66. The number of allylic oxidation sites excluding steroid dienone is 3. The Hall–Kier alpha value is -4.01. The number of nitrogens with zero attached hydrogens (tertiary/aromatic N) is 4. The number of nitrogens with one attached hydrogen (secondary N) is 1. The van der Waals surface area contributed by atoms with Gasteiger partial charge < -0.3 is 5.32 Å². The summed E-state index contributed by atoms with van der Waals surface area (Å²) in [5, 5.41) is 7.25. The smallest absolute Gasteiger partial charge is 0.354 e. The Labute approximate surface area is 200 Å². The molecule has 0 aliphatic heterocycles. The van der Waals surface area contributed by atoms with Crippen molar-refractivity contribution < 1.29 is 17.6 Å². The molecule has 182 valence electrons. The van der Waals surface area contributed by atoms with Gasteiger partial charge in [-0.15, -0.1) is 0 Å². The number of aromatic nitrogens is 4. The lowest BCUT2D eigenvalue weighted by Gasteiger charge is -2.05. The fourth-order valence-electron chi connectivity index (χ4n) is 3.00. The molecule has 0 amide bonds. The summed E-state index contributed by atoms with van der Waals surface area (Å²) < 4.78 is 51.8. The fourth-order valence-corrected chi connectivity index (χ4v) is 3.00. The molecule has 0 saturated heterocycles. The number of aryl methyl sites for hydroxylation is 1. The van der Waals surface area contributed by atoms with E-state index >= 15 is 0 Å². The van der Waals surface area contributed by atoms with Crippen molar-refractivity contribution in [3.8, 4) is 11.3 Å². The minimum absolute atomic E-state index is 0.378. The third-order valence-corrected chi connectivity index (χ3v) is 4.76. The largest absolute Gasteiger partial charge is 0.417 e. The molecule has 4 aromatic rings. The van der Waals surface area contributed by atoms with Gasteiger partial charge in [0.1, 0.15) is 5.82 Å². The third kappa shape index (κ3) is 7.77. The van der Waals surface area contributed by atoms with E-state index in [9.17, 15) is 17.6 Å². The monoisotopic (exact) mass is 483 g/mol. The zero-order chi connectivity index (χ0) is 25.3. The van der Waals surface area contributed by atoms with Crippen LogP contribution in [0, 0.1) is 12.7 Å². The van der Waals surface area contributed by atoms with Crippen molar-refractivity contribution in [3.63, 3.8) is 0 Å². The summed E-state index contributed by atoms with van der Waals surface area (Å²) in [5.74, 6) is 0.325. The van der Waals surface area contributed by atoms with Crippen molar-refractivity contribution in [1.29, 1.82) is 0 Å². The highest BCUT2D eigenvalue weighted by Gasteiger charge is 2.31. The van der Waals surface area contributed by atoms with Crippen LogP contribution in [0.1, 0.15) is 24.6 Å². The lowest BCUT2D eigenvalue weighted by atomic mass is 10.1. The molecule has 3 aromatic heterocycles. The maximum Gasteiger partial charge on any atom is 0.417 e. The molecule has 0 aliphatic carbocycles. The number of rotatable bonds is 6. The van der Waals surface area contributed by atoms with E-state index in [4.69, 9.17) is 0 Å². The van der Waals surface area contributed by atoms with Gasteiger partial charge in [-0.1, -0.05) is 24.3 Å². The number of anilines is 1. The van der Waals surface area contributed by atoms with E-state index in [-0.39, 0.29) is 5.82 Å². The van der Waals surface area contributed by atoms with Gasteiger partial charge in [-0.25, -0.2) is 18.9 Å². The lowest BCUT2D eigenvalue weighted by molar-refractivity contribution is -0.137. The summed E-state index contributed by atoms with van der Waals surface area (Å²) in [5.41, 5.74) is 1.89. The van der Waals surface area contributed by atoms with Gasteiger partial charge in [-0.05, 0) is 68.8 Å². The number of halogens is 4. The maximum absolute atomic E-state index is 12.8. The summed E-state index contributed by atoms with van der Waals surface area (Å²) in [6.45, 7) is 4.82. The SMILES string of the molecule is C/C=C\C=C/CCNc1nccc(C)n1.Fc1ccc(-c2cc3ccc(C(F)(F)F)cn3n2)cc1. The van der Waals surface area contributed by atoms with Crippen LogP contribution >= 0.6 is 0 Å². The highest BCUT2D eigenvalue weighted by Crippen LogP contribution is 2.30. The number of pyridine rings is 1. The van der Waals surface area contributed by atoms with Crippen LogP contribution in [0.4, 0.5) is 23.5 Å². The van der Waals surface area contributed by atoms with E-state index in [1.165, 1.54) is 34.8 Å². The predicted molar refractivity (Wildman–Crippen MR) is 129 cm³/mol. The molecule has 0 unspecified atom stereocenters. The van der Waals surface area contributed by atoms with Crippen LogP contribution in [-0.4, -0.2) is 26.1 Å². The van der Waals surface area contributed by atoms with Crippen molar-refractivity contribution in [2.75, 3.05) is 11.9 Å². The average Bonchev–Trinajstić information content (AvgIpc) is 3.25. The summed E-state index contributed by atoms with van der Waals surface area (Å²) in [7, 11) is 0. The van der Waals surface area contributed by atoms with Crippen LogP contribution in [0.3, 0.4) is 0 Å². The molecule has 0 fully saturated rings. The fraction of sp³-hybridized carbons (Fsp3) is 0.192. The molecular weight excluding hydrogens is 458 g/mol. The van der Waals surface area contributed by atoms with Crippen LogP contribution in [0.2, 0.25) is 0 Å². The first-order valence-electron chi connectivity index (χ1n) is 10.9. The number of hydrogen-bond donors (Lipinski definition) is 1. The maximum atomic E-state index is 12.8. The van der Waals surface area contributed by atoms with Gasteiger partial charge >= 0.3 is 6.18 Å². The Bertz CT molecular complexity index is 1290. The zero-order valence-corrected chi connectivity index (χ0v) is 19.3. The van der Waals surface area contributed by atoms with Gasteiger partial charge in [0.25, 0.3) is 0 Å². The molecule has 4 rings (SSSR count). The second-order valence-corrected chi connectivity index (χ2v) is 7.51. The van der Waals surface area contributed by atoms with Crippen LogP contribution in [0.5, 0.6) is 0 Å². The summed E-state index contributed by atoms with van der Waals surface area (Å²) in [6.07, 6.45) is 7.44. The Morgan fingerprint density at radius 2 is 1.80 bits per heavy atom. The first-order valence-corrected chi connectivity index (χ1v) is 10.9. The average molecular weight is 484 g/mol. The molecule has 0 aliphatic rings. The van der Waals surface area contributed by atoms with Gasteiger partial charge in [0.2, 0.25) is 5.95 Å². The normalized spacial score (nSPS) is 11.7. The lowest BCUT2D eigenvalue weighted by Crippen LogP contribution is -2.06. The summed E-state index contributed by atoms with van der Waals surface area (Å²) in [6, 6.07) is 11.5. The van der Waals surface area contributed by atoms with E-state index < -0.39 is 11.7 Å². The molecule has 0 bridgehead atoms. The zero-order valence-electron chi connectivity index (χ0n) is 19.3. The van der Waals surface area contributed by atoms with E-state index in [0.29, 0.717) is 22.7 Å². The van der Waals surface area contributed by atoms with Crippen molar-refractivity contribution in [1.82, 2.24) is 19.6 Å². The van der Waals surface area contributed by atoms with Crippen molar-refractivity contribution in [2.24, 2.45) is 0 Å². The Morgan fingerprint density at radius 1 is 1.03 bits per heavy atom. The second-order valence-electron chi connectivity index (χ2n) is 7.51. The third-order valence-electron chi connectivity index (χ3n) is 4.76. The molecular formula is C26H25F4N5. The summed E-state index contributed by atoms with van der Waals surface area (Å²) >= 11 is 0. The van der Waals surface area contributed by atoms with Gasteiger partial charge in [0, 0.05) is 30.2 Å². The quantitative estimate of drug-likeness (QED) is 0.185. The highest BCUT2D eigenvalue weighted by atomic mass is 19.4. The predicted octanol–water partition coefficient (Wildman–Crippen LogP) is 6.88. The minimum atomic E-state index is -4.41. The molecule has 3 heterocycles. The number of hydrogen-bond acceptors (Lipinski definition) is 4. The molecule has 5 nitrogen and oxygen atoms in total. The second kappa shape index (κ2) is 11.9. The van der Waals surface area contributed by atoms with E-state index in [0.717, 1.165) is 30.9 Å². The molecule has 0 saturated carbocycles. The van der Waals surface area contributed by atoms with Gasteiger partial charge in [0.15, 0.2) is 0 Å². The Kier molecular flexibility index (Phi) is 8.72. The first-order chi connectivity index (χ1) is 16.8. The van der Waals surface area contributed by atoms with E-state index in [1.54, 1.807) is 12.3 Å². The van der Waals surface area contributed by atoms with Crippen molar-refractivity contribution in [2.45, 2.75) is 26.4 Å². The number of fused-ring (bicyclic) bond motifs is 1. The first kappa shape index (κ1) is 25.6. The Balaban J connectivity index is 0.000000205. The Morgan fingerprint density at radius 3 is 2.49 bits per heavy atom. The molecule has 0 radical (unpaired) electrons. The molecule has 9 heteroatoms. The van der Waals surface area contributed by atoms with Crippen molar-refractivity contribution in [3.05, 3.63) is 102 Å². The van der Waals surface area contributed by atoms with Crippen LogP contribution in [-0.2, 0) is 6.18 Å². The van der Waals surface area contributed by atoms with Crippen LogP contribution in [0.25, 0.3) is 16.8 Å². The molecule has 0 atom stereocenters. The number of alkyl halides is 3. The standard InChI is InChI=1S/C14H8F4N2.C12H17N3/c15-11-4-1-9(2-5-11)13-7-12-6-3-10(14(16,17)18)8-20(12)19-13;1-3-4-5-6-7-9-13-12-14-10-8-11(2)15-12/h1-8H;3-6,8,10H,7,9H2,1-2H3,(H,13,14,15)/b;4-3-,6-5-. The summed E-state index contributed by atoms with van der Waals surface area (Å²) in [4.78, 5) is 8.36. The van der Waals surface area contributed by atoms with Gasteiger partial charge in [-0.2, -0.15) is 18.3 Å². The van der Waals surface area contributed by atoms with E-state index in [1.807, 2.05) is 38.1 Å². The molecule has 1 aromatic carbocycles. The topological polar surface area (TPSA) is 55.1 Å². The molecule has 35 heavy (non-hydrogen) atoms. The van der Waals surface area contributed by atoms with Gasteiger partial charge in [0.05, 0.1) is 16.8 Å². The molecule has 1 N–H and O–H groups in total. The van der Waals surface area contributed by atoms with Crippen molar-refractivity contribution >= 4 is 11.5 Å².